The first-order valence-electron chi connectivity index (χ1n) is 4.76. The number of ketones is 1. The van der Waals surface area contributed by atoms with Crippen LogP contribution >= 0.6 is 0 Å². The second-order valence-electron chi connectivity index (χ2n) is 3.33. The van der Waals surface area contributed by atoms with Crippen molar-refractivity contribution in [2.75, 3.05) is 13.7 Å². The highest BCUT2D eigenvalue weighted by molar-refractivity contribution is 6.00. The molecule has 0 bridgehead atoms. The van der Waals surface area contributed by atoms with Crippen molar-refractivity contribution < 1.29 is 18.3 Å². The zero-order valence-electron chi connectivity index (χ0n) is 9.09. The summed E-state index contributed by atoms with van der Waals surface area (Å²) in [4.78, 5) is 11.4. The van der Waals surface area contributed by atoms with Gasteiger partial charge in [-0.05, 0) is 24.6 Å². The van der Waals surface area contributed by atoms with Crippen LogP contribution in [0.5, 0.6) is 5.75 Å². The van der Waals surface area contributed by atoms with E-state index in [-0.39, 0.29) is 23.4 Å². The Morgan fingerprint density at radius 1 is 1.56 bits per heavy atom. The summed E-state index contributed by atoms with van der Waals surface area (Å²) in [5.41, 5.74) is 5.25. The summed E-state index contributed by atoms with van der Waals surface area (Å²) in [5.74, 6) is -1.44. The van der Waals surface area contributed by atoms with Crippen LogP contribution in [-0.2, 0) is 0 Å². The molecule has 2 N–H and O–H groups in total. The topological polar surface area (TPSA) is 52.3 Å². The Balaban J connectivity index is 3.36. The first-order valence-corrected chi connectivity index (χ1v) is 4.76. The molecule has 0 heterocycles. The van der Waals surface area contributed by atoms with Crippen molar-refractivity contribution in [3.8, 4) is 5.75 Å². The molecule has 1 aromatic carbocycles. The minimum atomic E-state index is -1.36. The summed E-state index contributed by atoms with van der Waals surface area (Å²) in [5, 5.41) is 0. The molecule has 1 atom stereocenters. The van der Waals surface area contributed by atoms with Gasteiger partial charge < -0.3 is 10.5 Å². The molecule has 0 saturated carbocycles. The van der Waals surface area contributed by atoms with Gasteiger partial charge in [-0.3, -0.25) is 4.79 Å². The van der Waals surface area contributed by atoms with Crippen LogP contribution in [0.1, 0.15) is 29.0 Å². The van der Waals surface area contributed by atoms with Gasteiger partial charge in [-0.25, -0.2) is 8.78 Å². The average molecular weight is 229 g/mol. The van der Waals surface area contributed by atoms with E-state index in [4.69, 9.17) is 10.5 Å². The number of halogens is 2. The molecule has 0 fully saturated rings. The van der Waals surface area contributed by atoms with Gasteiger partial charge in [-0.2, -0.15) is 0 Å². The largest absolute Gasteiger partial charge is 0.493 e. The first-order chi connectivity index (χ1) is 7.51. The summed E-state index contributed by atoms with van der Waals surface area (Å²) in [6.45, 7) is 0.984. The van der Waals surface area contributed by atoms with Crippen LogP contribution < -0.4 is 10.5 Å². The number of benzene rings is 1. The Labute approximate surface area is 92.2 Å². The van der Waals surface area contributed by atoms with E-state index in [2.05, 4.69) is 0 Å². The molecule has 0 aromatic heterocycles. The molecular formula is C11H13F2NO2. The third-order valence-corrected chi connectivity index (χ3v) is 2.22. The fourth-order valence-electron chi connectivity index (χ4n) is 1.37. The van der Waals surface area contributed by atoms with Crippen LogP contribution in [0.25, 0.3) is 0 Å². The van der Waals surface area contributed by atoms with Crippen molar-refractivity contribution in [1.82, 2.24) is 0 Å². The molecule has 3 nitrogen and oxygen atoms in total. The Morgan fingerprint density at radius 3 is 2.62 bits per heavy atom. The second kappa shape index (κ2) is 5.03. The number of methoxy groups -OCH3 is 1. The van der Waals surface area contributed by atoms with Gasteiger partial charge >= 0.3 is 0 Å². The van der Waals surface area contributed by atoms with Crippen molar-refractivity contribution in [2.45, 2.75) is 13.1 Å². The number of rotatable bonds is 4. The maximum atomic E-state index is 13.5. The maximum absolute atomic E-state index is 13.5. The molecule has 0 spiro atoms. The Bertz CT molecular complexity index is 405. The number of carbonyl (C=O) groups is 1. The zero-order valence-corrected chi connectivity index (χ0v) is 9.09. The van der Waals surface area contributed by atoms with E-state index in [0.29, 0.717) is 0 Å². The lowest BCUT2D eigenvalue weighted by Gasteiger charge is -2.11. The molecule has 0 aliphatic carbocycles. The third-order valence-electron chi connectivity index (χ3n) is 2.22. The van der Waals surface area contributed by atoms with Gasteiger partial charge in [-0.1, -0.05) is 0 Å². The standard InChI is InChI=1S/C11H13F2NO2/c1-6(12)7-3-8(10(15)5-14)11(16-2)9(13)4-7/h3-4,6H,5,14H2,1-2H3. The number of carbonyl (C=O) groups excluding carboxylic acids is 1. The van der Waals surface area contributed by atoms with E-state index in [1.807, 2.05) is 0 Å². The molecule has 1 rings (SSSR count). The SMILES string of the molecule is COc1c(F)cc(C(C)F)cc1C(=O)CN. The number of hydrogen-bond donors (Lipinski definition) is 1. The smallest absolute Gasteiger partial charge is 0.180 e. The quantitative estimate of drug-likeness (QED) is 0.803. The van der Waals surface area contributed by atoms with Crippen molar-refractivity contribution in [1.29, 1.82) is 0 Å². The van der Waals surface area contributed by atoms with Gasteiger partial charge in [-0.15, -0.1) is 0 Å². The van der Waals surface area contributed by atoms with Crippen molar-refractivity contribution in [3.05, 3.63) is 29.1 Å². The molecule has 0 aliphatic heterocycles. The maximum Gasteiger partial charge on any atom is 0.180 e. The fraction of sp³-hybridized carbons (Fsp3) is 0.364. The summed E-state index contributed by atoms with van der Waals surface area (Å²) in [6.07, 6.45) is -1.36. The van der Waals surface area contributed by atoms with Crippen LogP contribution in [0, 0.1) is 5.82 Å². The van der Waals surface area contributed by atoms with Crippen LogP contribution in [0.15, 0.2) is 12.1 Å². The molecular weight excluding hydrogens is 216 g/mol. The summed E-state index contributed by atoms with van der Waals surface area (Å²) in [6, 6.07) is 2.28. The lowest BCUT2D eigenvalue weighted by atomic mass is 10.0. The Kier molecular flexibility index (Phi) is 3.95. The highest BCUT2D eigenvalue weighted by Gasteiger charge is 2.18. The monoisotopic (exact) mass is 229 g/mol. The second-order valence-corrected chi connectivity index (χ2v) is 3.33. The number of alkyl halides is 1. The van der Waals surface area contributed by atoms with E-state index in [0.717, 1.165) is 6.07 Å². The molecule has 88 valence electrons. The van der Waals surface area contributed by atoms with E-state index in [9.17, 15) is 13.6 Å². The zero-order chi connectivity index (χ0) is 12.3. The van der Waals surface area contributed by atoms with Gasteiger partial charge in [0.15, 0.2) is 17.3 Å². The number of nitrogens with two attached hydrogens (primary N) is 1. The van der Waals surface area contributed by atoms with Crippen LogP contribution in [-0.4, -0.2) is 19.4 Å². The average Bonchev–Trinajstić information content (AvgIpc) is 2.26. The highest BCUT2D eigenvalue weighted by Crippen LogP contribution is 2.28. The molecule has 0 radical (unpaired) electrons. The molecule has 1 unspecified atom stereocenters. The lowest BCUT2D eigenvalue weighted by molar-refractivity contribution is 0.0997. The van der Waals surface area contributed by atoms with Crippen molar-refractivity contribution in [2.24, 2.45) is 5.73 Å². The van der Waals surface area contributed by atoms with Crippen molar-refractivity contribution >= 4 is 5.78 Å². The summed E-state index contributed by atoms with van der Waals surface area (Å²) >= 11 is 0. The van der Waals surface area contributed by atoms with E-state index >= 15 is 0 Å². The van der Waals surface area contributed by atoms with E-state index < -0.39 is 17.8 Å². The molecule has 5 heteroatoms. The van der Waals surface area contributed by atoms with Crippen molar-refractivity contribution in [3.63, 3.8) is 0 Å². The number of Topliss-reactive ketones (excluding diaryl/α,β-unsaturated/α-hetero) is 1. The van der Waals surface area contributed by atoms with Crippen LogP contribution in [0.3, 0.4) is 0 Å². The van der Waals surface area contributed by atoms with E-state index in [1.54, 1.807) is 0 Å². The van der Waals surface area contributed by atoms with Gasteiger partial charge in [0.05, 0.1) is 19.2 Å². The minimum Gasteiger partial charge on any atom is -0.493 e. The van der Waals surface area contributed by atoms with Gasteiger partial charge in [0, 0.05) is 0 Å². The number of hydrogen-bond acceptors (Lipinski definition) is 3. The van der Waals surface area contributed by atoms with Crippen LogP contribution in [0.2, 0.25) is 0 Å². The summed E-state index contributed by atoms with van der Waals surface area (Å²) < 4.78 is 31.3. The predicted molar refractivity (Wildman–Crippen MR) is 55.9 cm³/mol. The molecule has 1 aromatic rings. The Morgan fingerprint density at radius 2 is 2.19 bits per heavy atom. The summed E-state index contributed by atoms with van der Waals surface area (Å²) in [7, 11) is 1.24. The Hall–Kier alpha value is -1.49. The molecule has 0 amide bonds. The molecule has 0 aliphatic rings. The normalized spacial score (nSPS) is 12.3. The molecule has 16 heavy (non-hydrogen) atoms. The predicted octanol–water partition coefficient (Wildman–Crippen LogP) is 2.01. The van der Waals surface area contributed by atoms with Crippen LogP contribution in [0.4, 0.5) is 8.78 Å². The fourth-order valence-corrected chi connectivity index (χ4v) is 1.37. The highest BCUT2D eigenvalue weighted by atomic mass is 19.1. The van der Waals surface area contributed by atoms with E-state index in [1.165, 1.54) is 20.1 Å². The lowest BCUT2D eigenvalue weighted by Crippen LogP contribution is -2.15. The molecule has 0 saturated heterocycles. The minimum absolute atomic E-state index is 0.0236. The van der Waals surface area contributed by atoms with Gasteiger partial charge in [0.1, 0.15) is 6.17 Å². The van der Waals surface area contributed by atoms with Gasteiger partial charge in [0.25, 0.3) is 0 Å². The third kappa shape index (κ3) is 2.36. The number of ether oxygens (including phenoxy) is 1. The first kappa shape index (κ1) is 12.6. The van der Waals surface area contributed by atoms with Gasteiger partial charge in [0.2, 0.25) is 0 Å².